The molecule has 0 aliphatic rings. The number of rotatable bonds is 6. The van der Waals surface area contributed by atoms with E-state index in [0.717, 1.165) is 77.5 Å². The fourth-order valence-corrected chi connectivity index (χ4v) is 7.09. The van der Waals surface area contributed by atoms with Gasteiger partial charge in [0.05, 0.1) is 15.9 Å². The van der Waals surface area contributed by atoms with Gasteiger partial charge < -0.3 is 4.42 Å². The molecule has 43 heavy (non-hydrogen) atoms. The predicted octanol–water partition coefficient (Wildman–Crippen LogP) is 10.9. The molecule has 5 aromatic carbocycles. The Morgan fingerprint density at radius 3 is 2.47 bits per heavy atom. The van der Waals surface area contributed by atoms with Crippen LogP contribution in [0.3, 0.4) is 0 Å². The van der Waals surface area contributed by atoms with Crippen molar-refractivity contribution in [2.75, 3.05) is 0 Å². The Bertz CT molecular complexity index is 2340. The van der Waals surface area contributed by atoms with Crippen LogP contribution >= 0.6 is 11.3 Å². The second-order valence-electron chi connectivity index (χ2n) is 10.6. The highest BCUT2D eigenvalue weighted by Crippen LogP contribution is 2.39. The van der Waals surface area contributed by atoms with Crippen LogP contribution in [0.15, 0.2) is 145 Å². The van der Waals surface area contributed by atoms with Crippen LogP contribution in [0.1, 0.15) is 11.1 Å². The minimum Gasteiger partial charge on any atom is -0.455 e. The predicted molar refractivity (Wildman–Crippen MR) is 181 cm³/mol. The SMILES string of the molecule is C=C/C(=C\Cc1cccc(-c2cccc3c2oc2ccccc23)c1)c1ccc2sc3c(-c4ccccc4)ncnc3c2c1. The third-order valence-corrected chi connectivity index (χ3v) is 9.22. The first-order chi connectivity index (χ1) is 21.3. The summed E-state index contributed by atoms with van der Waals surface area (Å²) in [5, 5.41) is 3.43. The van der Waals surface area contributed by atoms with Crippen LogP contribution in [-0.4, -0.2) is 9.97 Å². The zero-order chi connectivity index (χ0) is 28.8. The minimum atomic E-state index is 0.786. The minimum absolute atomic E-state index is 0.786. The molecule has 0 amide bonds. The van der Waals surface area contributed by atoms with Gasteiger partial charge in [-0.1, -0.05) is 116 Å². The van der Waals surface area contributed by atoms with Gasteiger partial charge in [0.25, 0.3) is 0 Å². The highest BCUT2D eigenvalue weighted by molar-refractivity contribution is 7.26. The molecule has 0 unspecified atom stereocenters. The van der Waals surface area contributed by atoms with Gasteiger partial charge >= 0.3 is 0 Å². The molecule has 0 bridgehead atoms. The van der Waals surface area contributed by atoms with Gasteiger partial charge in [-0.15, -0.1) is 11.3 Å². The number of fused-ring (bicyclic) bond motifs is 6. The van der Waals surface area contributed by atoms with Gasteiger partial charge in [-0.05, 0) is 46.9 Å². The van der Waals surface area contributed by atoms with Crippen LogP contribution in [0, 0.1) is 0 Å². The number of furan rings is 1. The summed E-state index contributed by atoms with van der Waals surface area (Å²) < 4.78 is 8.62. The molecule has 0 aliphatic carbocycles. The number of hydrogen-bond donors (Lipinski definition) is 0. The Morgan fingerprint density at radius 1 is 0.744 bits per heavy atom. The van der Waals surface area contributed by atoms with Crippen LogP contribution in [0.2, 0.25) is 0 Å². The van der Waals surface area contributed by atoms with Crippen molar-refractivity contribution < 1.29 is 4.42 Å². The van der Waals surface area contributed by atoms with Gasteiger partial charge in [-0.2, -0.15) is 0 Å². The number of allylic oxidation sites excluding steroid dienone is 3. The van der Waals surface area contributed by atoms with E-state index in [-0.39, 0.29) is 0 Å². The molecular weight excluding hydrogens is 545 g/mol. The molecule has 3 nitrogen and oxygen atoms in total. The molecular formula is C39H26N2OS. The van der Waals surface area contributed by atoms with Gasteiger partial charge in [0.1, 0.15) is 17.5 Å². The number of para-hydroxylation sites is 2. The molecule has 0 atom stereocenters. The Hall–Kier alpha value is -5.32. The maximum atomic E-state index is 6.31. The lowest BCUT2D eigenvalue weighted by Crippen LogP contribution is -1.88. The Morgan fingerprint density at radius 2 is 1.56 bits per heavy atom. The fraction of sp³-hybridized carbons (Fsp3) is 0.0256. The highest BCUT2D eigenvalue weighted by Gasteiger charge is 2.14. The van der Waals surface area contributed by atoms with Crippen molar-refractivity contribution in [2.24, 2.45) is 0 Å². The van der Waals surface area contributed by atoms with Crippen molar-refractivity contribution in [3.05, 3.63) is 151 Å². The summed E-state index contributed by atoms with van der Waals surface area (Å²) in [6, 6.07) is 40.3. The van der Waals surface area contributed by atoms with Crippen molar-refractivity contribution in [2.45, 2.75) is 6.42 Å². The highest BCUT2D eigenvalue weighted by atomic mass is 32.1. The lowest BCUT2D eigenvalue weighted by Gasteiger charge is -2.07. The first-order valence-electron chi connectivity index (χ1n) is 14.3. The van der Waals surface area contributed by atoms with Crippen molar-refractivity contribution in [3.8, 4) is 22.4 Å². The maximum absolute atomic E-state index is 6.31. The quantitative estimate of drug-likeness (QED) is 0.187. The molecule has 0 saturated heterocycles. The molecule has 0 aliphatic heterocycles. The summed E-state index contributed by atoms with van der Waals surface area (Å²) in [4.78, 5) is 9.33. The van der Waals surface area contributed by atoms with E-state index >= 15 is 0 Å². The smallest absolute Gasteiger partial charge is 0.143 e. The first-order valence-corrected chi connectivity index (χ1v) is 15.1. The van der Waals surface area contributed by atoms with Gasteiger partial charge in [0, 0.05) is 32.0 Å². The van der Waals surface area contributed by atoms with Gasteiger partial charge in [-0.3, -0.25) is 0 Å². The Balaban J connectivity index is 1.14. The lowest BCUT2D eigenvalue weighted by molar-refractivity contribution is 0.670. The summed E-state index contributed by atoms with van der Waals surface area (Å²) >= 11 is 1.74. The average molecular weight is 571 g/mol. The molecule has 3 heterocycles. The Labute approximate surface area is 253 Å². The van der Waals surface area contributed by atoms with E-state index in [1.54, 1.807) is 17.7 Å². The first kappa shape index (κ1) is 25.4. The van der Waals surface area contributed by atoms with E-state index in [2.05, 4.69) is 103 Å². The number of thiophene rings is 1. The van der Waals surface area contributed by atoms with Crippen LogP contribution in [-0.2, 0) is 6.42 Å². The fourth-order valence-electron chi connectivity index (χ4n) is 5.94. The third kappa shape index (κ3) is 4.44. The average Bonchev–Trinajstić information content (AvgIpc) is 3.64. The van der Waals surface area contributed by atoms with Crippen LogP contribution in [0.4, 0.5) is 0 Å². The lowest BCUT2D eigenvalue weighted by atomic mass is 9.98. The second-order valence-corrected chi connectivity index (χ2v) is 11.7. The summed E-state index contributed by atoms with van der Waals surface area (Å²) in [5.41, 5.74) is 10.6. The zero-order valence-corrected chi connectivity index (χ0v) is 24.1. The number of nitrogens with zero attached hydrogens (tertiary/aromatic N) is 2. The maximum Gasteiger partial charge on any atom is 0.143 e. The van der Waals surface area contributed by atoms with Crippen LogP contribution in [0.5, 0.6) is 0 Å². The van der Waals surface area contributed by atoms with Crippen LogP contribution < -0.4 is 0 Å². The van der Waals surface area contributed by atoms with Gasteiger partial charge in [0.15, 0.2) is 0 Å². The molecule has 0 N–H and O–H groups in total. The molecule has 0 fully saturated rings. The van der Waals surface area contributed by atoms with E-state index in [1.807, 2.05) is 36.4 Å². The molecule has 0 spiro atoms. The Kier molecular flexibility index (Phi) is 6.20. The second kappa shape index (κ2) is 10.5. The molecule has 8 rings (SSSR count). The zero-order valence-electron chi connectivity index (χ0n) is 23.3. The summed E-state index contributed by atoms with van der Waals surface area (Å²) in [6.45, 7) is 4.15. The van der Waals surface area contributed by atoms with Crippen molar-refractivity contribution >= 4 is 59.2 Å². The molecule has 204 valence electrons. The normalized spacial score (nSPS) is 12.0. The topological polar surface area (TPSA) is 38.9 Å². The third-order valence-electron chi connectivity index (χ3n) is 8.05. The van der Waals surface area contributed by atoms with E-state index < -0.39 is 0 Å². The van der Waals surface area contributed by atoms with E-state index in [1.165, 1.54) is 10.3 Å². The molecule has 0 saturated carbocycles. The molecule has 8 aromatic rings. The standard InChI is InChI=1S/C39H26N2OS/c1-2-26(28-20-21-35-33(23-28)37-39(43-35)36(40-24-41-37)27-11-4-3-5-12-27)19-18-25-10-8-13-29(22-25)30-15-9-16-32-31-14-6-7-17-34(31)42-38(30)32/h2-17,19-24H,1,18H2/b26-19+. The monoisotopic (exact) mass is 570 g/mol. The van der Waals surface area contributed by atoms with E-state index in [4.69, 9.17) is 9.40 Å². The molecule has 4 heteroatoms. The van der Waals surface area contributed by atoms with Crippen molar-refractivity contribution in [3.63, 3.8) is 0 Å². The summed E-state index contributed by atoms with van der Waals surface area (Å²) in [7, 11) is 0. The summed E-state index contributed by atoms with van der Waals surface area (Å²) in [6.07, 6.45) is 6.66. The largest absolute Gasteiger partial charge is 0.455 e. The number of aromatic nitrogens is 2. The number of benzene rings is 5. The van der Waals surface area contributed by atoms with E-state index in [0.29, 0.717) is 0 Å². The molecule has 3 aromatic heterocycles. The van der Waals surface area contributed by atoms with Crippen LogP contribution in [0.25, 0.3) is 70.2 Å². The number of hydrogen-bond acceptors (Lipinski definition) is 4. The van der Waals surface area contributed by atoms with Gasteiger partial charge in [0.2, 0.25) is 0 Å². The van der Waals surface area contributed by atoms with Crippen molar-refractivity contribution in [1.82, 2.24) is 9.97 Å². The summed E-state index contributed by atoms with van der Waals surface area (Å²) in [5.74, 6) is 0. The molecule has 0 radical (unpaired) electrons. The van der Waals surface area contributed by atoms with E-state index in [9.17, 15) is 0 Å². The van der Waals surface area contributed by atoms with Gasteiger partial charge in [-0.25, -0.2) is 9.97 Å². The van der Waals surface area contributed by atoms with Crippen molar-refractivity contribution in [1.29, 1.82) is 0 Å².